The van der Waals surface area contributed by atoms with Crippen molar-refractivity contribution in [3.8, 4) is 74.2 Å². The molecule has 2 heterocycles. The standard InChI is InChI=1S/C47H27FN6/c48-41-17-9-7-15-37(41)39-24-21-34(47-52-45(31-11-3-1-4-12-31)51-46(53-47)32-13-5-2-6-14-32)27-44(39)54-42-18-10-8-16-38(42)40-23-20-33(26-43(40)54)36-22-19-30(28-49)25-35(36)29-50/h1-27H. The monoisotopic (exact) mass is 694 g/mol. The molecule has 0 aliphatic rings. The van der Waals surface area contributed by atoms with Crippen LogP contribution in [-0.4, -0.2) is 19.5 Å². The summed E-state index contributed by atoms with van der Waals surface area (Å²) in [6.45, 7) is 0. The van der Waals surface area contributed by atoms with E-state index in [1.54, 1.807) is 24.3 Å². The van der Waals surface area contributed by atoms with E-state index < -0.39 is 0 Å². The average Bonchev–Trinajstić information content (AvgIpc) is 3.57. The molecule has 0 fully saturated rings. The zero-order valence-electron chi connectivity index (χ0n) is 28.6. The van der Waals surface area contributed by atoms with Gasteiger partial charge < -0.3 is 4.57 Å². The van der Waals surface area contributed by atoms with Gasteiger partial charge in [-0.25, -0.2) is 19.3 Å². The van der Waals surface area contributed by atoms with Crippen molar-refractivity contribution in [1.29, 1.82) is 10.5 Å². The molecule has 0 spiro atoms. The maximum atomic E-state index is 15.8. The van der Waals surface area contributed by atoms with Crippen LogP contribution in [0.25, 0.3) is 83.9 Å². The Labute approximate surface area is 310 Å². The van der Waals surface area contributed by atoms with Crippen molar-refractivity contribution in [3.05, 3.63) is 181 Å². The van der Waals surface area contributed by atoms with Crippen molar-refractivity contribution < 1.29 is 4.39 Å². The molecule has 0 N–H and O–H groups in total. The zero-order chi connectivity index (χ0) is 36.6. The van der Waals surface area contributed by atoms with E-state index in [-0.39, 0.29) is 5.82 Å². The molecule has 0 radical (unpaired) electrons. The minimum Gasteiger partial charge on any atom is -0.309 e. The van der Waals surface area contributed by atoms with Crippen molar-refractivity contribution in [1.82, 2.24) is 19.5 Å². The van der Waals surface area contributed by atoms with Crippen molar-refractivity contribution in [2.45, 2.75) is 0 Å². The maximum Gasteiger partial charge on any atom is 0.164 e. The first kappa shape index (κ1) is 32.2. The second-order valence-electron chi connectivity index (χ2n) is 12.8. The number of halogens is 1. The molecule has 9 aromatic rings. The van der Waals surface area contributed by atoms with Gasteiger partial charge in [-0.05, 0) is 47.5 Å². The molecular formula is C47H27FN6. The summed E-state index contributed by atoms with van der Waals surface area (Å²) < 4.78 is 17.9. The van der Waals surface area contributed by atoms with Crippen molar-refractivity contribution in [3.63, 3.8) is 0 Å². The Hall–Kier alpha value is -7.74. The highest BCUT2D eigenvalue weighted by molar-refractivity contribution is 6.11. The lowest BCUT2D eigenvalue weighted by Crippen LogP contribution is -2.02. The van der Waals surface area contributed by atoms with Crippen LogP contribution in [0.5, 0.6) is 0 Å². The smallest absolute Gasteiger partial charge is 0.164 e. The first-order valence-corrected chi connectivity index (χ1v) is 17.3. The summed E-state index contributed by atoms with van der Waals surface area (Å²) in [5, 5.41) is 21.6. The molecule has 0 amide bonds. The number of hydrogen-bond acceptors (Lipinski definition) is 5. The lowest BCUT2D eigenvalue weighted by atomic mass is 9.97. The minimum atomic E-state index is -0.345. The van der Waals surface area contributed by atoms with Crippen LogP contribution < -0.4 is 0 Å². The molecule has 0 saturated heterocycles. The van der Waals surface area contributed by atoms with Gasteiger partial charge in [-0.15, -0.1) is 0 Å². The zero-order valence-corrected chi connectivity index (χ0v) is 28.6. The van der Waals surface area contributed by atoms with E-state index in [0.29, 0.717) is 45.3 Å². The number of aromatic nitrogens is 4. The van der Waals surface area contributed by atoms with Gasteiger partial charge in [0, 0.05) is 38.6 Å². The first-order chi connectivity index (χ1) is 26.6. The Balaban J connectivity index is 1.34. The molecule has 0 aliphatic heterocycles. The Morgan fingerprint density at radius 3 is 1.72 bits per heavy atom. The largest absolute Gasteiger partial charge is 0.309 e. The fourth-order valence-corrected chi connectivity index (χ4v) is 7.06. The summed E-state index contributed by atoms with van der Waals surface area (Å²) in [6, 6.07) is 56.0. The van der Waals surface area contributed by atoms with Crippen LogP contribution in [-0.2, 0) is 0 Å². The van der Waals surface area contributed by atoms with E-state index in [9.17, 15) is 10.5 Å². The predicted molar refractivity (Wildman–Crippen MR) is 211 cm³/mol. The van der Waals surface area contributed by atoms with Crippen LogP contribution in [0.3, 0.4) is 0 Å². The van der Waals surface area contributed by atoms with Crippen LogP contribution in [0, 0.1) is 28.5 Å². The van der Waals surface area contributed by atoms with E-state index in [0.717, 1.165) is 49.7 Å². The number of hydrogen-bond donors (Lipinski definition) is 0. The molecule has 7 heteroatoms. The summed E-state index contributed by atoms with van der Waals surface area (Å²) in [6.07, 6.45) is 0. The normalized spacial score (nSPS) is 11.0. The second-order valence-corrected chi connectivity index (χ2v) is 12.8. The van der Waals surface area contributed by atoms with Crippen LogP contribution in [0.4, 0.5) is 4.39 Å². The molecule has 2 aromatic heterocycles. The second kappa shape index (κ2) is 13.4. The highest BCUT2D eigenvalue weighted by atomic mass is 19.1. The van der Waals surface area contributed by atoms with Gasteiger partial charge in [-0.3, -0.25) is 0 Å². The van der Waals surface area contributed by atoms with E-state index in [1.165, 1.54) is 6.07 Å². The van der Waals surface area contributed by atoms with Crippen molar-refractivity contribution >= 4 is 21.8 Å². The van der Waals surface area contributed by atoms with Crippen LogP contribution in [0.2, 0.25) is 0 Å². The number of rotatable bonds is 6. The minimum absolute atomic E-state index is 0.345. The molecule has 6 nitrogen and oxygen atoms in total. The Morgan fingerprint density at radius 2 is 1.04 bits per heavy atom. The molecule has 0 saturated carbocycles. The van der Waals surface area contributed by atoms with Crippen LogP contribution >= 0.6 is 0 Å². The fraction of sp³-hybridized carbons (Fsp3) is 0. The third kappa shape index (κ3) is 5.63. The highest BCUT2D eigenvalue weighted by Gasteiger charge is 2.21. The summed E-state index contributed by atoms with van der Waals surface area (Å²) in [5.41, 5.74) is 8.43. The lowest BCUT2D eigenvalue weighted by Gasteiger charge is -2.17. The summed E-state index contributed by atoms with van der Waals surface area (Å²) in [5.74, 6) is 1.21. The molecule has 0 unspecified atom stereocenters. The quantitative estimate of drug-likeness (QED) is 0.173. The van der Waals surface area contributed by atoms with Crippen LogP contribution in [0.1, 0.15) is 11.1 Å². The van der Waals surface area contributed by atoms with Gasteiger partial charge >= 0.3 is 0 Å². The van der Waals surface area contributed by atoms with E-state index in [4.69, 9.17) is 15.0 Å². The number of para-hydroxylation sites is 1. The molecule has 54 heavy (non-hydrogen) atoms. The third-order valence-electron chi connectivity index (χ3n) is 9.61. The van der Waals surface area contributed by atoms with Gasteiger partial charge in [0.1, 0.15) is 5.82 Å². The summed E-state index contributed by atoms with van der Waals surface area (Å²) >= 11 is 0. The molecule has 252 valence electrons. The van der Waals surface area contributed by atoms with Gasteiger partial charge in [0.05, 0.1) is 40.0 Å². The number of nitrogens with zero attached hydrogens (tertiary/aromatic N) is 6. The fourth-order valence-electron chi connectivity index (χ4n) is 7.06. The van der Waals surface area contributed by atoms with Gasteiger partial charge in [0.15, 0.2) is 17.5 Å². The SMILES string of the molecule is N#Cc1ccc(-c2ccc3c4ccccc4n(-c4cc(-c5nc(-c6ccccc6)nc(-c6ccccc6)n5)ccc4-c4ccccc4F)c3c2)c(C#N)c1. The number of benzene rings is 7. The molecule has 0 bridgehead atoms. The Bertz CT molecular complexity index is 2920. The first-order valence-electron chi connectivity index (χ1n) is 17.3. The molecule has 7 aromatic carbocycles. The van der Waals surface area contributed by atoms with Crippen molar-refractivity contribution in [2.75, 3.05) is 0 Å². The summed E-state index contributed by atoms with van der Waals surface area (Å²) in [7, 11) is 0. The molecule has 0 aliphatic carbocycles. The van der Waals surface area contributed by atoms with E-state index in [1.807, 2.05) is 109 Å². The van der Waals surface area contributed by atoms with E-state index in [2.05, 4.69) is 41.0 Å². The molecule has 9 rings (SSSR count). The maximum absolute atomic E-state index is 15.8. The average molecular weight is 695 g/mol. The number of fused-ring (bicyclic) bond motifs is 3. The lowest BCUT2D eigenvalue weighted by molar-refractivity contribution is 0.631. The molecular weight excluding hydrogens is 668 g/mol. The predicted octanol–water partition coefficient (Wildman–Crippen LogP) is 11.2. The van der Waals surface area contributed by atoms with Gasteiger partial charge in [0.2, 0.25) is 0 Å². The van der Waals surface area contributed by atoms with Crippen LogP contribution in [0.15, 0.2) is 164 Å². The topological polar surface area (TPSA) is 91.2 Å². The van der Waals surface area contributed by atoms with Gasteiger partial charge in [-0.2, -0.15) is 10.5 Å². The van der Waals surface area contributed by atoms with E-state index >= 15 is 4.39 Å². The highest BCUT2D eigenvalue weighted by Crippen LogP contribution is 2.40. The van der Waals surface area contributed by atoms with Gasteiger partial charge in [0.25, 0.3) is 0 Å². The Morgan fingerprint density at radius 1 is 0.444 bits per heavy atom. The van der Waals surface area contributed by atoms with Gasteiger partial charge in [-0.1, -0.05) is 127 Å². The van der Waals surface area contributed by atoms with Crippen molar-refractivity contribution in [2.24, 2.45) is 0 Å². The Kier molecular flexibility index (Phi) is 8.00. The number of nitriles is 2. The molecule has 0 atom stereocenters. The summed E-state index contributed by atoms with van der Waals surface area (Å²) in [4.78, 5) is 14.9. The third-order valence-corrected chi connectivity index (χ3v) is 9.61.